The molecular formula is C32H34N2O4S. The Bertz CT molecular complexity index is 1290. The van der Waals surface area contributed by atoms with Crippen molar-refractivity contribution >= 4 is 29.1 Å². The van der Waals surface area contributed by atoms with Crippen LogP contribution in [0.3, 0.4) is 0 Å². The highest BCUT2D eigenvalue weighted by Crippen LogP contribution is 2.47. The van der Waals surface area contributed by atoms with Crippen LogP contribution in [0.4, 0.5) is 11.4 Å². The molecule has 7 heteroatoms. The molecule has 0 aliphatic carbocycles. The van der Waals surface area contributed by atoms with Crippen LogP contribution in [0.1, 0.15) is 18.1 Å². The van der Waals surface area contributed by atoms with Gasteiger partial charge in [0.2, 0.25) is 0 Å². The summed E-state index contributed by atoms with van der Waals surface area (Å²) in [4.78, 5) is 16.1. The number of fused-ring (bicyclic) bond motifs is 2. The third kappa shape index (κ3) is 7.86. The first-order valence-corrected chi connectivity index (χ1v) is 13.8. The maximum absolute atomic E-state index is 11.3. The van der Waals surface area contributed by atoms with Crippen LogP contribution in [0.15, 0.2) is 113 Å². The Balaban J connectivity index is 0.000000379. The summed E-state index contributed by atoms with van der Waals surface area (Å²) < 4.78 is 11.3. The average Bonchev–Trinajstić information content (AvgIpc) is 2.98. The second kappa shape index (κ2) is 14.4. The van der Waals surface area contributed by atoms with Crippen molar-refractivity contribution in [3.05, 3.63) is 114 Å². The van der Waals surface area contributed by atoms with E-state index in [1.165, 1.54) is 26.7 Å². The van der Waals surface area contributed by atoms with Gasteiger partial charge in [-0.1, -0.05) is 78.5 Å². The van der Waals surface area contributed by atoms with Crippen LogP contribution in [0.5, 0.6) is 5.75 Å². The smallest absolute Gasteiger partial charge is 0.333 e. The zero-order chi connectivity index (χ0) is 27.5. The van der Waals surface area contributed by atoms with Gasteiger partial charge in [0.05, 0.1) is 17.9 Å². The molecule has 4 aromatic carbocycles. The van der Waals surface area contributed by atoms with Gasteiger partial charge < -0.3 is 25.2 Å². The lowest BCUT2D eigenvalue weighted by molar-refractivity contribution is -0.149. The van der Waals surface area contributed by atoms with Crippen molar-refractivity contribution in [2.45, 2.75) is 35.8 Å². The van der Waals surface area contributed by atoms with Gasteiger partial charge in [0.1, 0.15) is 12.4 Å². The number of nitrogens with two attached hydrogens (primary N) is 1. The Morgan fingerprint density at radius 1 is 0.846 bits per heavy atom. The quantitative estimate of drug-likeness (QED) is 0.235. The Kier molecular flexibility index (Phi) is 10.4. The number of benzene rings is 4. The fraction of sp³-hybridized carbons (Fsp3) is 0.219. The first-order valence-electron chi connectivity index (χ1n) is 13.0. The molecule has 4 aromatic rings. The highest BCUT2D eigenvalue weighted by molar-refractivity contribution is 7.99. The minimum atomic E-state index is -0.942. The zero-order valence-corrected chi connectivity index (χ0v) is 22.8. The Morgan fingerprint density at radius 2 is 1.44 bits per heavy atom. The fourth-order valence-electron chi connectivity index (χ4n) is 4.25. The predicted molar refractivity (Wildman–Crippen MR) is 157 cm³/mol. The fourth-order valence-corrected chi connectivity index (χ4v) is 5.34. The van der Waals surface area contributed by atoms with Gasteiger partial charge >= 0.3 is 5.97 Å². The molecule has 1 aliphatic heterocycles. The number of nitrogens with zero attached hydrogens (tertiary/aromatic N) is 1. The van der Waals surface area contributed by atoms with Crippen molar-refractivity contribution in [3.8, 4) is 5.75 Å². The summed E-state index contributed by atoms with van der Waals surface area (Å²) in [6.45, 7) is 4.07. The van der Waals surface area contributed by atoms with Gasteiger partial charge in [0, 0.05) is 29.4 Å². The van der Waals surface area contributed by atoms with Gasteiger partial charge in [0.15, 0.2) is 6.10 Å². The molecule has 5 rings (SSSR count). The van der Waals surface area contributed by atoms with Crippen molar-refractivity contribution in [1.82, 2.24) is 0 Å². The van der Waals surface area contributed by atoms with Crippen molar-refractivity contribution in [2.24, 2.45) is 5.73 Å². The molecule has 1 atom stereocenters. The number of hydrogen-bond donors (Lipinski definition) is 2. The number of carboxylic acids is 1. The molecule has 39 heavy (non-hydrogen) atoms. The van der Waals surface area contributed by atoms with Gasteiger partial charge in [-0.15, -0.1) is 0 Å². The minimum Gasteiger partial charge on any atom is -0.492 e. The third-order valence-electron chi connectivity index (χ3n) is 6.18. The SMILES string of the molecule is CCOC(Cc1ccc(OCCN2c3ccccc3Sc3ccccc32)cc1)C(=O)O.NCc1ccccc1. The molecule has 0 amide bonds. The number of carboxylic acid groups (broad SMARTS) is 1. The maximum Gasteiger partial charge on any atom is 0.333 e. The highest BCUT2D eigenvalue weighted by Gasteiger charge is 2.22. The lowest BCUT2D eigenvalue weighted by atomic mass is 10.1. The van der Waals surface area contributed by atoms with E-state index in [4.69, 9.17) is 15.2 Å². The standard InChI is InChI=1S/C25H25NO4S.C7H9N/c1-2-29-22(25(27)28)17-18-11-13-19(14-12-18)30-16-15-26-20-7-3-5-9-23(20)31-24-10-6-4-8-21(24)26;8-6-7-4-2-1-3-5-7/h3-14,22H,2,15-17H2,1H3,(H,27,28);1-5H,6,8H2. The molecule has 0 spiro atoms. The molecule has 1 unspecified atom stereocenters. The van der Waals surface area contributed by atoms with E-state index in [2.05, 4.69) is 53.4 Å². The van der Waals surface area contributed by atoms with E-state index >= 15 is 0 Å². The number of aliphatic carboxylic acids is 1. The van der Waals surface area contributed by atoms with Crippen molar-refractivity contribution in [1.29, 1.82) is 0 Å². The van der Waals surface area contributed by atoms with Crippen LogP contribution in [0.25, 0.3) is 0 Å². The lowest BCUT2D eigenvalue weighted by Crippen LogP contribution is -2.26. The van der Waals surface area contributed by atoms with Gasteiger partial charge in [-0.25, -0.2) is 4.79 Å². The lowest BCUT2D eigenvalue weighted by Gasteiger charge is -2.32. The summed E-state index contributed by atoms with van der Waals surface area (Å²) in [6.07, 6.45) is -0.489. The second-order valence-corrected chi connectivity index (χ2v) is 9.94. The number of carbonyl (C=O) groups is 1. The van der Waals surface area contributed by atoms with Crippen LogP contribution in [0.2, 0.25) is 0 Å². The number of para-hydroxylation sites is 2. The van der Waals surface area contributed by atoms with E-state index in [1.807, 2.05) is 54.6 Å². The molecule has 6 nitrogen and oxygen atoms in total. The average molecular weight is 543 g/mol. The molecule has 1 heterocycles. The molecule has 1 aliphatic rings. The second-order valence-electron chi connectivity index (χ2n) is 8.86. The number of ether oxygens (including phenoxy) is 2. The van der Waals surface area contributed by atoms with E-state index in [1.54, 1.807) is 18.7 Å². The molecule has 202 valence electrons. The summed E-state index contributed by atoms with van der Waals surface area (Å²) in [7, 11) is 0. The van der Waals surface area contributed by atoms with E-state index in [0.717, 1.165) is 17.9 Å². The van der Waals surface area contributed by atoms with Crippen LogP contribution in [0, 0.1) is 0 Å². The zero-order valence-electron chi connectivity index (χ0n) is 22.0. The summed E-state index contributed by atoms with van der Waals surface area (Å²) in [5.74, 6) is -0.178. The maximum atomic E-state index is 11.3. The van der Waals surface area contributed by atoms with Crippen LogP contribution in [-0.4, -0.2) is 36.9 Å². The summed E-state index contributed by atoms with van der Waals surface area (Å²) in [6, 6.07) is 34.4. The normalized spacial score (nSPS) is 12.4. The highest BCUT2D eigenvalue weighted by atomic mass is 32.2. The molecular weight excluding hydrogens is 508 g/mol. The first-order chi connectivity index (χ1) is 19.1. The van der Waals surface area contributed by atoms with E-state index in [-0.39, 0.29) is 0 Å². The van der Waals surface area contributed by atoms with Crippen LogP contribution >= 0.6 is 11.8 Å². The third-order valence-corrected chi connectivity index (χ3v) is 7.31. The molecule has 0 bridgehead atoms. The molecule has 0 saturated heterocycles. The number of hydrogen-bond acceptors (Lipinski definition) is 6. The Hall–Kier alpha value is -3.78. The summed E-state index contributed by atoms with van der Waals surface area (Å²) in [5.41, 5.74) is 9.83. The van der Waals surface area contributed by atoms with E-state index in [9.17, 15) is 9.90 Å². The van der Waals surface area contributed by atoms with Crippen molar-refractivity contribution in [3.63, 3.8) is 0 Å². The molecule has 0 saturated carbocycles. The summed E-state index contributed by atoms with van der Waals surface area (Å²) in [5, 5.41) is 9.24. The van der Waals surface area contributed by atoms with E-state index < -0.39 is 12.1 Å². The molecule has 0 aromatic heterocycles. The largest absolute Gasteiger partial charge is 0.492 e. The van der Waals surface area contributed by atoms with Crippen LogP contribution < -0.4 is 15.4 Å². The topological polar surface area (TPSA) is 85.0 Å². The van der Waals surface area contributed by atoms with E-state index in [0.29, 0.717) is 26.2 Å². The van der Waals surface area contributed by atoms with Gasteiger partial charge in [-0.2, -0.15) is 0 Å². The van der Waals surface area contributed by atoms with Gasteiger partial charge in [0.25, 0.3) is 0 Å². The van der Waals surface area contributed by atoms with Gasteiger partial charge in [-0.3, -0.25) is 0 Å². The minimum absolute atomic E-state index is 0.336. The van der Waals surface area contributed by atoms with Gasteiger partial charge in [-0.05, 0) is 54.4 Å². The Morgan fingerprint density at radius 3 is 1.97 bits per heavy atom. The number of rotatable bonds is 10. The monoisotopic (exact) mass is 542 g/mol. The molecule has 0 radical (unpaired) electrons. The molecule has 0 fully saturated rings. The van der Waals surface area contributed by atoms with Crippen molar-refractivity contribution < 1.29 is 19.4 Å². The molecule has 3 N–H and O–H groups in total. The van der Waals surface area contributed by atoms with Crippen LogP contribution in [-0.2, 0) is 22.5 Å². The predicted octanol–water partition coefficient (Wildman–Crippen LogP) is 6.55. The summed E-state index contributed by atoms with van der Waals surface area (Å²) >= 11 is 1.79. The van der Waals surface area contributed by atoms with Crippen molar-refractivity contribution in [2.75, 3.05) is 24.7 Å². The first kappa shape index (κ1) is 28.2. The Labute approximate surface area is 234 Å². The number of anilines is 2.